The summed E-state index contributed by atoms with van der Waals surface area (Å²) in [5.41, 5.74) is 0. The zero-order valence-corrected chi connectivity index (χ0v) is 22.6. The third-order valence-electron chi connectivity index (χ3n) is 6.16. The number of carbonyl (C=O) groups is 1. The molecule has 0 aromatic heterocycles. The van der Waals surface area contributed by atoms with Gasteiger partial charge in [-0.05, 0) is 32.1 Å². The van der Waals surface area contributed by atoms with E-state index < -0.39 is 43.6 Å². The second-order valence-corrected chi connectivity index (χ2v) is 9.62. The van der Waals surface area contributed by atoms with Gasteiger partial charge in [0.05, 0.1) is 13.2 Å². The lowest BCUT2D eigenvalue weighted by Gasteiger charge is -2.24. The summed E-state index contributed by atoms with van der Waals surface area (Å²) in [7, 11) is 0. The van der Waals surface area contributed by atoms with Crippen molar-refractivity contribution in [2.45, 2.75) is 147 Å². The van der Waals surface area contributed by atoms with Crippen molar-refractivity contribution in [2.75, 3.05) is 13.2 Å². The van der Waals surface area contributed by atoms with Crippen LogP contribution in [0.4, 0.5) is 0 Å². The Balaban J connectivity index is 0. The lowest BCUT2D eigenvalue weighted by molar-refractivity contribution is -0.137. The Morgan fingerprint density at radius 1 is 0.583 bits per heavy atom. The number of hydrogen-bond donors (Lipinski definition) is 7. The zero-order chi connectivity index (χ0) is 27.4. The Bertz CT molecular complexity index is 472. The van der Waals surface area contributed by atoms with E-state index in [0.29, 0.717) is 6.42 Å². The molecule has 0 saturated heterocycles. The van der Waals surface area contributed by atoms with E-state index in [1.165, 1.54) is 96.3 Å². The molecule has 0 fully saturated rings. The van der Waals surface area contributed by atoms with Gasteiger partial charge in [-0.3, -0.25) is 4.79 Å². The van der Waals surface area contributed by atoms with Crippen LogP contribution >= 0.6 is 0 Å². The van der Waals surface area contributed by atoms with E-state index >= 15 is 0 Å². The van der Waals surface area contributed by atoms with Crippen LogP contribution in [0, 0.1) is 0 Å². The van der Waals surface area contributed by atoms with Gasteiger partial charge >= 0.3 is 5.97 Å². The molecule has 36 heavy (non-hydrogen) atoms. The van der Waals surface area contributed by atoms with E-state index in [0.717, 1.165) is 12.8 Å². The molecule has 0 aliphatic heterocycles. The molecule has 0 aromatic carbocycles. The highest BCUT2D eigenvalue weighted by Crippen LogP contribution is 2.12. The highest BCUT2D eigenvalue weighted by molar-refractivity contribution is 5.66. The second-order valence-electron chi connectivity index (χ2n) is 9.62. The van der Waals surface area contributed by atoms with Gasteiger partial charge in [-0.2, -0.15) is 0 Å². The molecule has 0 spiro atoms. The quantitative estimate of drug-likeness (QED) is 0.0740. The van der Waals surface area contributed by atoms with Crippen LogP contribution in [0.1, 0.15) is 122 Å². The minimum atomic E-state index is -1.67. The Morgan fingerprint density at radius 2 is 0.917 bits per heavy atom. The van der Waals surface area contributed by atoms with E-state index in [-0.39, 0.29) is 0 Å². The van der Waals surface area contributed by atoms with E-state index in [1.54, 1.807) is 0 Å². The van der Waals surface area contributed by atoms with Gasteiger partial charge < -0.3 is 35.7 Å². The summed E-state index contributed by atoms with van der Waals surface area (Å²) in [6.07, 6.45) is 20.7. The Labute approximate surface area is 219 Å². The second kappa shape index (κ2) is 28.5. The highest BCUT2D eigenvalue weighted by atomic mass is 16.4. The lowest BCUT2D eigenvalue weighted by atomic mass is 10.0. The van der Waals surface area contributed by atoms with Gasteiger partial charge in [-0.1, -0.05) is 96.1 Å². The van der Waals surface area contributed by atoms with Gasteiger partial charge in [0, 0.05) is 6.42 Å². The topological polar surface area (TPSA) is 159 Å². The molecule has 0 aliphatic rings. The number of unbranched alkanes of at least 4 members (excludes halogenated alkanes) is 15. The van der Waals surface area contributed by atoms with Gasteiger partial charge in [0.25, 0.3) is 0 Å². The molecular weight excluding hydrogens is 464 g/mol. The van der Waals surface area contributed by atoms with Gasteiger partial charge in [0.2, 0.25) is 0 Å². The molecule has 0 aromatic rings. The van der Waals surface area contributed by atoms with Crippen LogP contribution in [0.5, 0.6) is 0 Å². The number of aliphatic hydroxyl groups is 6. The minimum Gasteiger partial charge on any atom is -0.481 e. The Hall–Kier alpha value is -1.03. The van der Waals surface area contributed by atoms with Crippen molar-refractivity contribution in [1.29, 1.82) is 0 Å². The average Bonchev–Trinajstić information content (AvgIpc) is 2.88. The molecule has 0 bridgehead atoms. The number of rotatable bonds is 24. The monoisotopic (exact) mass is 520 g/mol. The fourth-order valence-electron chi connectivity index (χ4n) is 3.73. The molecule has 0 unspecified atom stereocenters. The summed E-state index contributed by atoms with van der Waals surface area (Å²) >= 11 is 0. The normalized spacial score (nSPS) is 14.8. The maximum atomic E-state index is 10.4. The molecule has 0 amide bonds. The predicted octanol–water partition coefficient (Wildman–Crippen LogP) is 4.08. The third kappa shape index (κ3) is 26.0. The molecule has 0 aliphatic carbocycles. The van der Waals surface area contributed by atoms with Crippen molar-refractivity contribution in [2.24, 2.45) is 0 Å². The van der Waals surface area contributed by atoms with Crippen molar-refractivity contribution in [3.63, 3.8) is 0 Å². The van der Waals surface area contributed by atoms with Crippen molar-refractivity contribution >= 4 is 5.97 Å². The minimum absolute atomic E-state index is 0.340. The molecule has 0 radical (unpaired) electrons. The maximum absolute atomic E-state index is 10.4. The number of carboxylic acids is 1. The number of allylic oxidation sites excluding steroid dienone is 2. The van der Waals surface area contributed by atoms with Crippen LogP contribution in [-0.4, -0.2) is 79.3 Å². The first-order valence-corrected chi connectivity index (χ1v) is 14.1. The van der Waals surface area contributed by atoms with Crippen molar-refractivity contribution in [1.82, 2.24) is 0 Å². The van der Waals surface area contributed by atoms with Crippen LogP contribution in [0.2, 0.25) is 0 Å². The van der Waals surface area contributed by atoms with Crippen LogP contribution in [0.25, 0.3) is 0 Å². The highest BCUT2D eigenvalue weighted by Gasteiger charge is 2.29. The van der Waals surface area contributed by atoms with Crippen molar-refractivity contribution in [3.8, 4) is 0 Å². The van der Waals surface area contributed by atoms with Crippen LogP contribution in [0.15, 0.2) is 12.2 Å². The predicted molar refractivity (Wildman–Crippen MR) is 144 cm³/mol. The number of aliphatic hydroxyl groups excluding tert-OH is 6. The standard InChI is InChI=1S/C22H42O2.C6H14O6/c1-2-3-4-5-6-7-8-9-10-11-12-13-14-15-16-17-18-19-20-21-22(23)24;7-1-3(9)5(11)6(12)4(10)2-8/h9-10H,2-8,11-21H2,1H3,(H,23,24);3-12H,1-2H2/b10-9-;/t;3-,4+,5-,6-/m.1/s1. The smallest absolute Gasteiger partial charge is 0.303 e. The number of aliphatic carboxylic acids is 1. The van der Waals surface area contributed by atoms with Crippen molar-refractivity contribution < 1.29 is 40.5 Å². The SMILES string of the molecule is CCCCCCCC/C=C\CCCCCCCCCCCC(=O)O.OC[C@@H](O)[C@@H](O)[C@H](O)[C@@H](O)CO. The van der Waals surface area contributed by atoms with Gasteiger partial charge in [-0.25, -0.2) is 0 Å². The number of carboxylic acid groups (broad SMARTS) is 1. The van der Waals surface area contributed by atoms with Gasteiger partial charge in [0.15, 0.2) is 0 Å². The molecule has 7 N–H and O–H groups in total. The summed E-state index contributed by atoms with van der Waals surface area (Å²) < 4.78 is 0. The van der Waals surface area contributed by atoms with E-state index in [9.17, 15) is 4.79 Å². The summed E-state index contributed by atoms with van der Waals surface area (Å²) in [5, 5.41) is 60.7. The lowest BCUT2D eigenvalue weighted by Crippen LogP contribution is -2.46. The van der Waals surface area contributed by atoms with E-state index in [4.69, 9.17) is 35.7 Å². The zero-order valence-electron chi connectivity index (χ0n) is 22.6. The van der Waals surface area contributed by atoms with E-state index in [1.807, 2.05) is 0 Å². The Kier molecular flexibility index (Phi) is 29.4. The van der Waals surface area contributed by atoms with Gasteiger partial charge in [-0.15, -0.1) is 0 Å². The largest absolute Gasteiger partial charge is 0.481 e. The van der Waals surface area contributed by atoms with Gasteiger partial charge in [0.1, 0.15) is 24.4 Å². The van der Waals surface area contributed by atoms with Crippen LogP contribution < -0.4 is 0 Å². The third-order valence-corrected chi connectivity index (χ3v) is 6.16. The summed E-state index contributed by atoms with van der Waals surface area (Å²) in [6, 6.07) is 0. The van der Waals surface area contributed by atoms with E-state index in [2.05, 4.69) is 19.1 Å². The molecule has 0 saturated carbocycles. The molecular formula is C28H56O8. The summed E-state index contributed by atoms with van der Waals surface area (Å²) in [6.45, 7) is 0.820. The van der Waals surface area contributed by atoms with Crippen LogP contribution in [0.3, 0.4) is 0 Å². The average molecular weight is 521 g/mol. The molecule has 4 atom stereocenters. The molecule has 0 heterocycles. The number of hydrogen-bond acceptors (Lipinski definition) is 7. The Morgan fingerprint density at radius 3 is 1.25 bits per heavy atom. The van der Waals surface area contributed by atoms with Crippen molar-refractivity contribution in [3.05, 3.63) is 12.2 Å². The summed E-state index contributed by atoms with van der Waals surface area (Å²) in [5.74, 6) is -0.656. The molecule has 8 nitrogen and oxygen atoms in total. The van der Waals surface area contributed by atoms with Crippen LogP contribution in [-0.2, 0) is 4.79 Å². The summed E-state index contributed by atoms with van der Waals surface area (Å²) in [4.78, 5) is 10.4. The first-order valence-electron chi connectivity index (χ1n) is 14.1. The first kappa shape index (κ1) is 37.1. The molecule has 216 valence electrons. The maximum Gasteiger partial charge on any atom is 0.303 e. The molecule has 8 heteroatoms. The molecule has 0 rings (SSSR count). The fraction of sp³-hybridized carbons (Fsp3) is 0.893. The first-order chi connectivity index (χ1) is 17.3. The fourth-order valence-corrected chi connectivity index (χ4v) is 3.73.